The van der Waals surface area contributed by atoms with E-state index in [1.807, 2.05) is 18.7 Å². The number of rotatable bonds is 3. The van der Waals surface area contributed by atoms with Crippen molar-refractivity contribution in [3.05, 3.63) is 17.0 Å². The second-order valence-corrected chi connectivity index (χ2v) is 6.26. The van der Waals surface area contributed by atoms with Gasteiger partial charge in [-0.3, -0.25) is 9.69 Å². The third-order valence-corrected chi connectivity index (χ3v) is 4.82. The van der Waals surface area contributed by atoms with E-state index in [0.29, 0.717) is 12.5 Å². The van der Waals surface area contributed by atoms with Crippen molar-refractivity contribution in [1.29, 1.82) is 0 Å². The van der Waals surface area contributed by atoms with Gasteiger partial charge in [0.05, 0.1) is 25.3 Å². The van der Waals surface area contributed by atoms with Crippen molar-refractivity contribution in [3.8, 4) is 0 Å². The smallest absolute Gasteiger partial charge is 0.227 e. The van der Waals surface area contributed by atoms with Crippen molar-refractivity contribution in [2.24, 2.45) is 0 Å². The summed E-state index contributed by atoms with van der Waals surface area (Å²) in [6, 6.07) is 0.478. The third kappa shape index (κ3) is 3.33. The fraction of sp³-hybridized carbons (Fsp3) is 0.750. The molecule has 6 heteroatoms. The van der Waals surface area contributed by atoms with Crippen molar-refractivity contribution >= 4 is 5.91 Å². The van der Waals surface area contributed by atoms with Gasteiger partial charge in [-0.1, -0.05) is 5.16 Å². The Hall–Kier alpha value is -1.40. The summed E-state index contributed by atoms with van der Waals surface area (Å²) in [6.45, 7) is 9.05. The van der Waals surface area contributed by atoms with Gasteiger partial charge in [0.25, 0.3) is 0 Å². The lowest BCUT2D eigenvalue weighted by Gasteiger charge is -2.40. The van der Waals surface area contributed by atoms with Crippen LogP contribution >= 0.6 is 0 Å². The molecule has 1 unspecified atom stereocenters. The Morgan fingerprint density at radius 3 is 2.73 bits per heavy atom. The molecule has 122 valence electrons. The van der Waals surface area contributed by atoms with Crippen LogP contribution in [0, 0.1) is 13.8 Å². The van der Waals surface area contributed by atoms with Crippen LogP contribution in [0.2, 0.25) is 0 Å². The topological polar surface area (TPSA) is 58.8 Å². The molecular formula is C16H25N3O3. The highest BCUT2D eigenvalue weighted by molar-refractivity contribution is 5.79. The molecule has 0 saturated carbocycles. The average molecular weight is 307 g/mol. The summed E-state index contributed by atoms with van der Waals surface area (Å²) in [5.41, 5.74) is 1.77. The van der Waals surface area contributed by atoms with E-state index in [0.717, 1.165) is 62.8 Å². The Bertz CT molecular complexity index is 503. The van der Waals surface area contributed by atoms with Gasteiger partial charge in [-0.15, -0.1) is 0 Å². The number of nitrogens with zero attached hydrogens (tertiary/aromatic N) is 3. The fourth-order valence-corrected chi connectivity index (χ4v) is 3.44. The van der Waals surface area contributed by atoms with Gasteiger partial charge in [-0.05, 0) is 26.7 Å². The number of amides is 1. The minimum Gasteiger partial charge on any atom is -0.379 e. The molecule has 6 nitrogen and oxygen atoms in total. The number of piperidine rings is 1. The van der Waals surface area contributed by atoms with Crippen molar-refractivity contribution in [1.82, 2.24) is 15.0 Å². The summed E-state index contributed by atoms with van der Waals surface area (Å²) in [7, 11) is 0. The molecule has 1 aromatic heterocycles. The standard InChI is InChI=1S/C16H25N3O3/c1-12-15(13(2)22-17-12)10-16(20)19-5-3-4-14(11-19)18-6-8-21-9-7-18/h14H,3-11H2,1-2H3. The SMILES string of the molecule is Cc1noc(C)c1CC(=O)N1CCCC(N2CCOCC2)C1. The lowest BCUT2D eigenvalue weighted by atomic mass is 10.0. The average Bonchev–Trinajstić information content (AvgIpc) is 2.88. The van der Waals surface area contributed by atoms with Crippen LogP contribution in [-0.2, 0) is 16.0 Å². The summed E-state index contributed by atoms with van der Waals surface area (Å²) < 4.78 is 10.6. The van der Waals surface area contributed by atoms with E-state index >= 15 is 0 Å². The molecule has 1 atom stereocenters. The lowest BCUT2D eigenvalue weighted by molar-refractivity contribution is -0.133. The monoisotopic (exact) mass is 307 g/mol. The second kappa shape index (κ2) is 6.79. The van der Waals surface area contributed by atoms with E-state index in [-0.39, 0.29) is 5.91 Å². The largest absolute Gasteiger partial charge is 0.379 e. The zero-order valence-electron chi connectivity index (χ0n) is 13.5. The van der Waals surface area contributed by atoms with Crippen molar-refractivity contribution in [2.75, 3.05) is 39.4 Å². The molecule has 0 radical (unpaired) electrons. The van der Waals surface area contributed by atoms with Gasteiger partial charge in [0.15, 0.2) is 0 Å². The van der Waals surface area contributed by atoms with Gasteiger partial charge in [0, 0.05) is 37.8 Å². The molecule has 1 aromatic rings. The normalized spacial score (nSPS) is 23.7. The molecule has 2 aliphatic rings. The quantitative estimate of drug-likeness (QED) is 0.838. The highest BCUT2D eigenvalue weighted by Gasteiger charge is 2.29. The van der Waals surface area contributed by atoms with Crippen LogP contribution in [0.25, 0.3) is 0 Å². The lowest BCUT2D eigenvalue weighted by Crippen LogP contribution is -2.53. The van der Waals surface area contributed by atoms with Crippen LogP contribution in [0.1, 0.15) is 29.9 Å². The van der Waals surface area contributed by atoms with E-state index < -0.39 is 0 Å². The Morgan fingerprint density at radius 1 is 1.27 bits per heavy atom. The molecule has 0 aromatic carbocycles. The van der Waals surface area contributed by atoms with Crippen LogP contribution in [0.15, 0.2) is 4.52 Å². The van der Waals surface area contributed by atoms with Gasteiger partial charge < -0.3 is 14.2 Å². The number of carbonyl (C=O) groups excluding carboxylic acids is 1. The maximum Gasteiger partial charge on any atom is 0.227 e. The Morgan fingerprint density at radius 2 is 2.05 bits per heavy atom. The van der Waals surface area contributed by atoms with Gasteiger partial charge in [-0.2, -0.15) is 0 Å². The number of morpholine rings is 1. The molecule has 3 rings (SSSR count). The van der Waals surface area contributed by atoms with Gasteiger partial charge in [0.1, 0.15) is 5.76 Å². The van der Waals surface area contributed by atoms with Crippen LogP contribution in [0.4, 0.5) is 0 Å². The van der Waals surface area contributed by atoms with Crippen LogP contribution in [-0.4, -0.2) is 66.3 Å². The summed E-state index contributed by atoms with van der Waals surface area (Å²) in [5.74, 6) is 0.944. The Labute approximate surface area is 131 Å². The van der Waals surface area contributed by atoms with Gasteiger partial charge >= 0.3 is 0 Å². The van der Waals surface area contributed by atoms with Crippen LogP contribution < -0.4 is 0 Å². The van der Waals surface area contributed by atoms with Crippen molar-refractivity contribution < 1.29 is 14.1 Å². The fourth-order valence-electron chi connectivity index (χ4n) is 3.44. The minimum atomic E-state index is 0.187. The maximum atomic E-state index is 12.6. The maximum absolute atomic E-state index is 12.6. The first-order valence-corrected chi connectivity index (χ1v) is 8.16. The third-order valence-electron chi connectivity index (χ3n) is 4.82. The molecule has 2 fully saturated rings. The van der Waals surface area contributed by atoms with Crippen LogP contribution in [0.3, 0.4) is 0 Å². The van der Waals surface area contributed by atoms with E-state index in [4.69, 9.17) is 9.26 Å². The zero-order chi connectivity index (χ0) is 15.5. The van der Waals surface area contributed by atoms with E-state index in [1.165, 1.54) is 6.42 Å². The molecule has 22 heavy (non-hydrogen) atoms. The molecule has 0 bridgehead atoms. The molecule has 1 amide bonds. The molecule has 0 N–H and O–H groups in total. The van der Waals surface area contributed by atoms with E-state index in [2.05, 4.69) is 10.1 Å². The molecule has 2 saturated heterocycles. The first-order chi connectivity index (χ1) is 10.6. The van der Waals surface area contributed by atoms with Gasteiger partial charge in [0.2, 0.25) is 5.91 Å². The predicted molar refractivity (Wildman–Crippen MR) is 81.7 cm³/mol. The molecule has 0 aliphatic carbocycles. The summed E-state index contributed by atoms with van der Waals surface area (Å²) in [4.78, 5) is 17.1. The Kier molecular flexibility index (Phi) is 4.78. The first-order valence-electron chi connectivity index (χ1n) is 8.16. The predicted octanol–water partition coefficient (Wildman–Crippen LogP) is 1.16. The summed E-state index contributed by atoms with van der Waals surface area (Å²) >= 11 is 0. The molecule has 3 heterocycles. The number of aromatic nitrogens is 1. The summed E-state index contributed by atoms with van der Waals surface area (Å²) in [6.07, 6.45) is 2.65. The van der Waals surface area contributed by atoms with Gasteiger partial charge in [-0.25, -0.2) is 0 Å². The number of ether oxygens (including phenoxy) is 1. The van der Waals surface area contributed by atoms with Crippen molar-refractivity contribution in [2.45, 2.75) is 39.2 Å². The molecule has 2 aliphatic heterocycles. The second-order valence-electron chi connectivity index (χ2n) is 6.26. The van der Waals surface area contributed by atoms with E-state index in [9.17, 15) is 4.79 Å². The molecule has 0 spiro atoms. The number of carbonyl (C=O) groups is 1. The Balaban J connectivity index is 1.60. The van der Waals surface area contributed by atoms with E-state index in [1.54, 1.807) is 0 Å². The highest BCUT2D eigenvalue weighted by Crippen LogP contribution is 2.20. The number of hydrogen-bond acceptors (Lipinski definition) is 5. The van der Waals surface area contributed by atoms with Crippen molar-refractivity contribution in [3.63, 3.8) is 0 Å². The number of hydrogen-bond donors (Lipinski definition) is 0. The molecular weight excluding hydrogens is 282 g/mol. The minimum absolute atomic E-state index is 0.187. The first kappa shape index (κ1) is 15.5. The highest BCUT2D eigenvalue weighted by atomic mass is 16.5. The number of aryl methyl sites for hydroxylation is 2. The number of likely N-dealkylation sites (tertiary alicyclic amines) is 1. The van der Waals surface area contributed by atoms with Crippen LogP contribution in [0.5, 0.6) is 0 Å². The summed E-state index contributed by atoms with van der Waals surface area (Å²) in [5, 5.41) is 3.93. The zero-order valence-corrected chi connectivity index (χ0v) is 13.5.